The van der Waals surface area contributed by atoms with Gasteiger partial charge in [-0.1, -0.05) is 0 Å². The summed E-state index contributed by atoms with van der Waals surface area (Å²) in [6, 6.07) is 3.83. The molecule has 1 aromatic carbocycles. The first kappa shape index (κ1) is 19.6. The van der Waals surface area contributed by atoms with Gasteiger partial charge in [0, 0.05) is 17.8 Å². The molecule has 1 heterocycles. The maximum atomic E-state index is 12.6. The monoisotopic (exact) mass is 358 g/mol. The van der Waals surface area contributed by atoms with Crippen molar-refractivity contribution in [3.8, 4) is 0 Å². The Kier molecular flexibility index (Phi) is 5.66. The van der Waals surface area contributed by atoms with Crippen LogP contribution in [0.4, 0.5) is 18.9 Å². The van der Waals surface area contributed by atoms with E-state index >= 15 is 0 Å². The lowest BCUT2D eigenvalue weighted by Crippen LogP contribution is -2.33. The summed E-state index contributed by atoms with van der Waals surface area (Å²) < 4.78 is 42.5. The minimum Gasteiger partial charge on any atom is -0.462 e. The van der Waals surface area contributed by atoms with Gasteiger partial charge in [0.1, 0.15) is 5.60 Å². The summed E-state index contributed by atoms with van der Waals surface area (Å²) in [5.41, 5.74) is 6.42. The molecule has 0 amide bonds. The normalized spacial score (nSPS) is 22.8. The molecule has 1 aromatic rings. The Morgan fingerprint density at radius 2 is 1.88 bits per heavy atom. The van der Waals surface area contributed by atoms with E-state index in [1.54, 1.807) is 0 Å². The van der Waals surface area contributed by atoms with Crippen molar-refractivity contribution in [2.75, 3.05) is 5.32 Å². The Balaban J connectivity index is 0.000000277. The summed E-state index contributed by atoms with van der Waals surface area (Å²) in [5, 5.41) is 3.32. The van der Waals surface area contributed by atoms with Gasteiger partial charge in [0.2, 0.25) is 0 Å². The molecule has 0 radical (unpaired) electrons. The second-order valence-corrected chi connectivity index (χ2v) is 7.56. The molecule has 0 saturated heterocycles. The van der Waals surface area contributed by atoms with Crippen LogP contribution in [0.1, 0.15) is 57.2 Å². The van der Waals surface area contributed by atoms with Crippen molar-refractivity contribution < 1.29 is 22.7 Å². The standard InChI is InChI=1S/C13H15F3N2.C5H10O2/c14-13(15,16)8-3-4-11-9(5-8)10(17)6-12(18-11)7-1-2-7;1-5(2,3)7-4-6/h3-5,7,10,12,18H,1-2,6,17H2;4H,1-3H3/t10-,12-;/m1./s1. The minimum absolute atomic E-state index is 0.297. The molecule has 1 fully saturated rings. The highest BCUT2D eigenvalue weighted by Crippen LogP contribution is 2.43. The molecule has 1 saturated carbocycles. The quantitative estimate of drug-likeness (QED) is 0.776. The topological polar surface area (TPSA) is 64.3 Å². The van der Waals surface area contributed by atoms with Gasteiger partial charge in [-0.15, -0.1) is 0 Å². The third-order valence-corrected chi connectivity index (χ3v) is 4.22. The third kappa shape index (κ3) is 5.63. The number of ether oxygens (including phenoxy) is 1. The molecular formula is C18H25F3N2O2. The fourth-order valence-electron chi connectivity index (χ4n) is 2.79. The van der Waals surface area contributed by atoms with Crippen molar-refractivity contribution in [1.82, 2.24) is 0 Å². The first-order chi connectivity index (χ1) is 11.5. The summed E-state index contributed by atoms with van der Waals surface area (Å²) in [4.78, 5) is 9.60. The summed E-state index contributed by atoms with van der Waals surface area (Å²) in [7, 11) is 0. The lowest BCUT2D eigenvalue weighted by Gasteiger charge is -2.32. The molecule has 2 aliphatic rings. The molecule has 3 N–H and O–H groups in total. The van der Waals surface area contributed by atoms with Crippen LogP contribution >= 0.6 is 0 Å². The molecule has 0 bridgehead atoms. The van der Waals surface area contributed by atoms with Crippen LogP contribution in [0.3, 0.4) is 0 Å². The highest BCUT2D eigenvalue weighted by molar-refractivity contribution is 5.57. The molecule has 0 spiro atoms. The maximum absolute atomic E-state index is 12.6. The number of rotatable bonds is 2. The Labute approximate surface area is 145 Å². The zero-order chi connectivity index (χ0) is 18.8. The number of anilines is 1. The molecule has 2 atom stereocenters. The van der Waals surface area contributed by atoms with Crippen LogP contribution in [-0.4, -0.2) is 18.1 Å². The zero-order valence-corrected chi connectivity index (χ0v) is 14.7. The number of nitrogens with two attached hydrogens (primary N) is 1. The van der Waals surface area contributed by atoms with E-state index in [2.05, 4.69) is 10.1 Å². The van der Waals surface area contributed by atoms with Crippen LogP contribution in [0, 0.1) is 5.92 Å². The maximum Gasteiger partial charge on any atom is 0.416 e. The number of halogens is 3. The number of nitrogens with one attached hydrogen (secondary N) is 1. The van der Waals surface area contributed by atoms with Crippen molar-refractivity contribution >= 4 is 12.2 Å². The molecule has 1 aliphatic carbocycles. The number of benzene rings is 1. The highest BCUT2D eigenvalue weighted by Gasteiger charge is 2.37. The van der Waals surface area contributed by atoms with Crippen LogP contribution in [0.5, 0.6) is 0 Å². The fourth-order valence-corrected chi connectivity index (χ4v) is 2.79. The molecule has 7 heteroatoms. The van der Waals surface area contributed by atoms with E-state index in [0.29, 0.717) is 24.0 Å². The van der Waals surface area contributed by atoms with E-state index in [1.165, 1.54) is 25.0 Å². The Morgan fingerprint density at radius 3 is 2.32 bits per heavy atom. The SMILES string of the molecule is CC(C)(C)OC=O.N[C@@H]1C[C@H](C2CC2)Nc2ccc(C(F)(F)F)cc21. The Hall–Kier alpha value is -1.76. The Morgan fingerprint density at radius 1 is 1.24 bits per heavy atom. The van der Waals surface area contributed by atoms with Gasteiger partial charge in [0.15, 0.2) is 0 Å². The molecule has 0 unspecified atom stereocenters. The number of hydrogen-bond acceptors (Lipinski definition) is 4. The van der Waals surface area contributed by atoms with Crippen LogP contribution < -0.4 is 11.1 Å². The van der Waals surface area contributed by atoms with E-state index in [1.807, 2.05) is 20.8 Å². The largest absolute Gasteiger partial charge is 0.462 e. The lowest BCUT2D eigenvalue weighted by molar-refractivity contribution is -0.139. The number of alkyl halides is 3. The smallest absolute Gasteiger partial charge is 0.416 e. The van der Waals surface area contributed by atoms with Crippen molar-refractivity contribution in [1.29, 1.82) is 0 Å². The van der Waals surface area contributed by atoms with Crippen molar-refractivity contribution in [2.24, 2.45) is 11.7 Å². The summed E-state index contributed by atoms with van der Waals surface area (Å²) in [6.07, 6.45) is -1.19. The predicted octanol–water partition coefficient (Wildman–Crippen LogP) is 4.26. The van der Waals surface area contributed by atoms with Gasteiger partial charge in [-0.2, -0.15) is 13.2 Å². The highest BCUT2D eigenvalue weighted by atomic mass is 19.4. The average Bonchev–Trinajstić information content (AvgIpc) is 3.29. The number of fused-ring (bicyclic) bond motifs is 1. The van der Waals surface area contributed by atoms with Gasteiger partial charge in [0.05, 0.1) is 5.56 Å². The zero-order valence-electron chi connectivity index (χ0n) is 14.7. The number of carbonyl (C=O) groups excluding carboxylic acids is 1. The number of carbonyl (C=O) groups is 1. The van der Waals surface area contributed by atoms with E-state index in [4.69, 9.17) is 5.73 Å². The molecule has 140 valence electrons. The lowest BCUT2D eigenvalue weighted by atomic mass is 9.90. The number of hydrogen-bond donors (Lipinski definition) is 2. The molecule has 1 aliphatic heterocycles. The minimum atomic E-state index is -4.30. The van der Waals surface area contributed by atoms with Gasteiger partial charge in [-0.25, -0.2) is 0 Å². The molecule has 25 heavy (non-hydrogen) atoms. The molecule has 4 nitrogen and oxygen atoms in total. The van der Waals surface area contributed by atoms with E-state index < -0.39 is 11.7 Å². The third-order valence-electron chi connectivity index (χ3n) is 4.22. The van der Waals surface area contributed by atoms with Crippen LogP contribution in [0.15, 0.2) is 18.2 Å². The van der Waals surface area contributed by atoms with Crippen LogP contribution in [0.25, 0.3) is 0 Å². The van der Waals surface area contributed by atoms with Gasteiger partial charge in [-0.05, 0) is 69.7 Å². The predicted molar refractivity (Wildman–Crippen MR) is 90.0 cm³/mol. The molecular weight excluding hydrogens is 333 g/mol. The van der Waals surface area contributed by atoms with Crippen molar-refractivity contribution in [3.05, 3.63) is 29.3 Å². The van der Waals surface area contributed by atoms with Crippen LogP contribution in [-0.2, 0) is 15.7 Å². The van der Waals surface area contributed by atoms with Crippen molar-refractivity contribution in [2.45, 2.75) is 63.9 Å². The molecule has 3 rings (SSSR count). The van der Waals surface area contributed by atoms with Gasteiger partial charge < -0.3 is 15.8 Å². The van der Waals surface area contributed by atoms with E-state index in [0.717, 1.165) is 18.2 Å². The second-order valence-electron chi connectivity index (χ2n) is 7.56. The van der Waals surface area contributed by atoms with Crippen LogP contribution in [0.2, 0.25) is 0 Å². The van der Waals surface area contributed by atoms with Crippen molar-refractivity contribution in [3.63, 3.8) is 0 Å². The molecule has 0 aromatic heterocycles. The van der Waals surface area contributed by atoms with Gasteiger partial charge in [0.25, 0.3) is 6.47 Å². The average molecular weight is 358 g/mol. The first-order valence-electron chi connectivity index (χ1n) is 8.36. The summed E-state index contributed by atoms with van der Waals surface area (Å²) >= 11 is 0. The summed E-state index contributed by atoms with van der Waals surface area (Å²) in [5.74, 6) is 0.645. The first-order valence-corrected chi connectivity index (χ1v) is 8.36. The van der Waals surface area contributed by atoms with E-state index in [-0.39, 0.29) is 11.6 Å². The van der Waals surface area contributed by atoms with E-state index in [9.17, 15) is 18.0 Å². The fraction of sp³-hybridized carbons (Fsp3) is 0.611. The van der Waals surface area contributed by atoms with Gasteiger partial charge >= 0.3 is 6.18 Å². The summed E-state index contributed by atoms with van der Waals surface area (Å²) in [6.45, 7) is 5.92. The van der Waals surface area contributed by atoms with Gasteiger partial charge in [-0.3, -0.25) is 4.79 Å². The second kappa shape index (κ2) is 7.23. The Bertz CT molecular complexity index is 607.